The normalized spacial score (nSPS) is 23.0. The van der Waals surface area contributed by atoms with Gasteiger partial charge in [0.15, 0.2) is 9.84 Å². The van der Waals surface area contributed by atoms with E-state index in [1.165, 1.54) is 10.4 Å². The van der Waals surface area contributed by atoms with Gasteiger partial charge >= 0.3 is 0 Å². The Balaban J connectivity index is 1.61. The number of hydrogen-bond acceptors (Lipinski definition) is 6. The summed E-state index contributed by atoms with van der Waals surface area (Å²) < 4.78 is 23.2. The van der Waals surface area contributed by atoms with Gasteiger partial charge in [-0.1, -0.05) is 0 Å². The number of thiophene rings is 1. The first-order valence-electron chi connectivity index (χ1n) is 7.87. The van der Waals surface area contributed by atoms with E-state index < -0.39 is 9.84 Å². The highest BCUT2D eigenvalue weighted by atomic mass is 32.2. The van der Waals surface area contributed by atoms with Crippen LogP contribution in [0.4, 0.5) is 0 Å². The van der Waals surface area contributed by atoms with Gasteiger partial charge in [0.05, 0.1) is 23.4 Å². The molecule has 8 heteroatoms. The van der Waals surface area contributed by atoms with Crippen molar-refractivity contribution in [2.75, 3.05) is 18.6 Å². The van der Waals surface area contributed by atoms with Crippen molar-refractivity contribution in [2.45, 2.75) is 38.3 Å². The van der Waals surface area contributed by atoms with Crippen LogP contribution in [0.2, 0.25) is 0 Å². The third-order valence-electron chi connectivity index (χ3n) is 4.86. The standard InChI is InChI=1S/C15H19N3O3S2/c1-18(9-5-6-23(20,21)8-9)7-12-16-14(19)13-10-3-2-4-11(10)22-15(13)17-12/h9H,2-8H2,1H3,(H,16,17,19)/t9-/m0/s1. The lowest BCUT2D eigenvalue weighted by Gasteiger charge is -2.22. The summed E-state index contributed by atoms with van der Waals surface area (Å²) in [6.07, 6.45) is 3.79. The Kier molecular flexibility index (Phi) is 3.58. The summed E-state index contributed by atoms with van der Waals surface area (Å²) >= 11 is 1.63. The van der Waals surface area contributed by atoms with Crippen molar-refractivity contribution in [1.29, 1.82) is 0 Å². The highest BCUT2D eigenvalue weighted by molar-refractivity contribution is 7.91. The molecule has 1 N–H and O–H groups in total. The maximum Gasteiger partial charge on any atom is 0.259 e. The first kappa shape index (κ1) is 15.3. The maximum atomic E-state index is 12.4. The number of aryl methyl sites for hydroxylation is 2. The second kappa shape index (κ2) is 5.39. The number of aromatic nitrogens is 2. The first-order chi connectivity index (χ1) is 10.9. The van der Waals surface area contributed by atoms with Gasteiger partial charge in [-0.05, 0) is 38.3 Å². The molecule has 3 heterocycles. The van der Waals surface area contributed by atoms with Crippen LogP contribution < -0.4 is 5.56 Å². The van der Waals surface area contributed by atoms with Crippen molar-refractivity contribution < 1.29 is 8.42 Å². The van der Waals surface area contributed by atoms with Crippen LogP contribution in [-0.4, -0.2) is 47.9 Å². The SMILES string of the molecule is CN(Cc1nc2sc3c(c2c(=O)[nH]1)CCC3)[C@H]1CCS(=O)(=O)C1. The van der Waals surface area contributed by atoms with Crippen molar-refractivity contribution in [3.63, 3.8) is 0 Å². The van der Waals surface area contributed by atoms with Crippen molar-refractivity contribution in [3.05, 3.63) is 26.6 Å². The fourth-order valence-electron chi connectivity index (χ4n) is 3.61. The molecule has 2 aliphatic rings. The van der Waals surface area contributed by atoms with Crippen molar-refractivity contribution in [3.8, 4) is 0 Å². The molecule has 0 radical (unpaired) electrons. The molecule has 1 aliphatic carbocycles. The molecule has 6 nitrogen and oxygen atoms in total. The van der Waals surface area contributed by atoms with Gasteiger partial charge in [-0.25, -0.2) is 13.4 Å². The van der Waals surface area contributed by atoms with Gasteiger partial charge < -0.3 is 4.98 Å². The smallest absolute Gasteiger partial charge is 0.259 e. The van der Waals surface area contributed by atoms with Crippen LogP contribution in [0, 0.1) is 0 Å². The number of hydrogen-bond donors (Lipinski definition) is 1. The van der Waals surface area contributed by atoms with E-state index >= 15 is 0 Å². The summed E-state index contributed by atoms with van der Waals surface area (Å²) in [5, 5.41) is 0.761. The van der Waals surface area contributed by atoms with Crippen molar-refractivity contribution in [1.82, 2.24) is 14.9 Å². The zero-order valence-electron chi connectivity index (χ0n) is 13.0. The van der Waals surface area contributed by atoms with Crippen LogP contribution >= 0.6 is 11.3 Å². The molecule has 1 atom stereocenters. The Labute approximate surface area is 138 Å². The minimum Gasteiger partial charge on any atom is -0.309 e. The lowest BCUT2D eigenvalue weighted by Crippen LogP contribution is -2.33. The monoisotopic (exact) mass is 353 g/mol. The van der Waals surface area contributed by atoms with Gasteiger partial charge in [-0.15, -0.1) is 11.3 Å². The summed E-state index contributed by atoms with van der Waals surface area (Å²) in [6, 6.07) is 0.00865. The van der Waals surface area contributed by atoms with Gasteiger partial charge in [-0.2, -0.15) is 0 Å². The Hall–Kier alpha value is -1.25. The Morgan fingerprint density at radius 1 is 1.39 bits per heavy atom. The molecule has 0 saturated carbocycles. The molecule has 4 rings (SSSR count). The Morgan fingerprint density at radius 2 is 2.22 bits per heavy atom. The van der Waals surface area contributed by atoms with Crippen LogP contribution in [0.15, 0.2) is 4.79 Å². The minimum absolute atomic E-state index is 0.00865. The quantitative estimate of drug-likeness (QED) is 0.893. The highest BCUT2D eigenvalue weighted by Gasteiger charge is 2.31. The molecule has 0 aromatic carbocycles. The van der Waals surface area contributed by atoms with E-state index in [-0.39, 0.29) is 23.1 Å². The van der Waals surface area contributed by atoms with Crippen LogP contribution in [0.3, 0.4) is 0 Å². The van der Waals surface area contributed by atoms with Crippen LogP contribution in [0.25, 0.3) is 10.2 Å². The molecular weight excluding hydrogens is 334 g/mol. The topological polar surface area (TPSA) is 83.1 Å². The van der Waals surface area contributed by atoms with Gasteiger partial charge in [0.25, 0.3) is 5.56 Å². The second-order valence-corrected chi connectivity index (χ2v) is 9.83. The summed E-state index contributed by atoms with van der Waals surface area (Å²) in [6.45, 7) is 0.466. The third-order valence-corrected chi connectivity index (χ3v) is 7.79. The van der Waals surface area contributed by atoms with Crippen molar-refractivity contribution in [2.24, 2.45) is 0 Å². The molecule has 0 unspecified atom stereocenters. The van der Waals surface area contributed by atoms with E-state index in [2.05, 4.69) is 9.97 Å². The number of fused-ring (bicyclic) bond motifs is 3. The highest BCUT2D eigenvalue weighted by Crippen LogP contribution is 2.34. The number of nitrogens with one attached hydrogen (secondary N) is 1. The average Bonchev–Trinajstić information content (AvgIpc) is 3.11. The summed E-state index contributed by atoms with van der Waals surface area (Å²) in [5.74, 6) is 1.07. The lowest BCUT2D eigenvalue weighted by atomic mass is 10.2. The summed E-state index contributed by atoms with van der Waals surface area (Å²) in [5.41, 5.74) is 1.12. The molecular formula is C15H19N3O3S2. The van der Waals surface area contributed by atoms with Gasteiger partial charge in [-0.3, -0.25) is 9.69 Å². The van der Waals surface area contributed by atoms with Gasteiger partial charge in [0.1, 0.15) is 10.7 Å². The molecule has 2 aromatic heterocycles. The molecule has 124 valence electrons. The largest absolute Gasteiger partial charge is 0.309 e. The number of aromatic amines is 1. The molecule has 23 heavy (non-hydrogen) atoms. The number of H-pyrrole nitrogens is 1. The summed E-state index contributed by atoms with van der Waals surface area (Å²) in [4.78, 5) is 24.0. The second-order valence-electron chi connectivity index (χ2n) is 6.52. The van der Waals surface area contributed by atoms with Crippen LogP contribution in [-0.2, 0) is 29.2 Å². The molecule has 2 aromatic rings. The van der Waals surface area contributed by atoms with Gasteiger partial charge in [0, 0.05) is 10.9 Å². The maximum absolute atomic E-state index is 12.4. The van der Waals surface area contributed by atoms with Gasteiger partial charge in [0.2, 0.25) is 0 Å². The summed E-state index contributed by atoms with van der Waals surface area (Å²) in [7, 11) is -1.01. The van der Waals surface area contributed by atoms with E-state index in [1.807, 2.05) is 11.9 Å². The van der Waals surface area contributed by atoms with E-state index in [9.17, 15) is 13.2 Å². The molecule has 0 spiro atoms. The van der Waals surface area contributed by atoms with E-state index in [4.69, 9.17) is 0 Å². The van der Waals surface area contributed by atoms with E-state index in [0.717, 1.165) is 29.5 Å². The van der Waals surface area contributed by atoms with Crippen LogP contribution in [0.1, 0.15) is 29.1 Å². The fourth-order valence-corrected chi connectivity index (χ4v) is 6.70. The predicted octanol–water partition coefficient (Wildman–Crippen LogP) is 1.09. The Bertz CT molecular complexity index is 929. The molecule has 0 bridgehead atoms. The zero-order valence-corrected chi connectivity index (χ0v) is 14.6. The molecule has 1 fully saturated rings. The van der Waals surface area contributed by atoms with E-state index in [0.29, 0.717) is 18.8 Å². The van der Waals surface area contributed by atoms with Crippen LogP contribution in [0.5, 0.6) is 0 Å². The molecule has 1 saturated heterocycles. The minimum atomic E-state index is -2.91. The third kappa shape index (κ3) is 2.72. The molecule has 0 amide bonds. The predicted molar refractivity (Wildman–Crippen MR) is 90.8 cm³/mol. The average molecular weight is 353 g/mol. The number of rotatable bonds is 3. The number of sulfone groups is 1. The fraction of sp³-hybridized carbons (Fsp3) is 0.600. The zero-order chi connectivity index (χ0) is 16.2. The Morgan fingerprint density at radius 3 is 2.96 bits per heavy atom. The lowest BCUT2D eigenvalue weighted by molar-refractivity contribution is 0.248. The van der Waals surface area contributed by atoms with Crippen molar-refractivity contribution >= 4 is 31.4 Å². The first-order valence-corrected chi connectivity index (χ1v) is 10.5. The number of nitrogens with zero attached hydrogens (tertiary/aromatic N) is 2. The van der Waals surface area contributed by atoms with E-state index in [1.54, 1.807) is 11.3 Å². The molecule has 1 aliphatic heterocycles.